The van der Waals surface area contributed by atoms with Crippen LogP contribution in [0.3, 0.4) is 0 Å². The van der Waals surface area contributed by atoms with Gasteiger partial charge in [-0.2, -0.15) is 0 Å². The van der Waals surface area contributed by atoms with E-state index < -0.39 is 0 Å². The summed E-state index contributed by atoms with van der Waals surface area (Å²) in [6.07, 6.45) is 0. The third-order valence-electron chi connectivity index (χ3n) is 19.6. The molecule has 8 nitrogen and oxygen atoms in total. The van der Waals surface area contributed by atoms with Crippen molar-refractivity contribution in [1.29, 1.82) is 0 Å². The zero-order valence-electron chi connectivity index (χ0n) is 51.8. The maximum atomic E-state index is 5.40. The summed E-state index contributed by atoms with van der Waals surface area (Å²) >= 11 is 0. The van der Waals surface area contributed by atoms with Gasteiger partial charge >= 0.3 is 0 Å². The molecule has 8 heteroatoms. The van der Waals surface area contributed by atoms with E-state index in [4.69, 9.17) is 19.9 Å². The molecule has 96 heavy (non-hydrogen) atoms. The number of hydrogen-bond donors (Lipinski definition) is 0. The number of benzene rings is 15. The fourth-order valence-corrected chi connectivity index (χ4v) is 15.2. The second-order valence-corrected chi connectivity index (χ2v) is 25.0. The average molecular weight is 1220 g/mol. The van der Waals surface area contributed by atoms with E-state index in [9.17, 15) is 0 Å². The van der Waals surface area contributed by atoms with Gasteiger partial charge in [-0.05, 0) is 135 Å². The van der Waals surface area contributed by atoms with Crippen molar-refractivity contribution < 1.29 is 0 Å². The van der Waals surface area contributed by atoms with Crippen molar-refractivity contribution in [3.05, 3.63) is 328 Å². The van der Waals surface area contributed by atoms with Gasteiger partial charge < -0.3 is 9.13 Å². The van der Waals surface area contributed by atoms with Gasteiger partial charge in [0.2, 0.25) is 11.9 Å². The van der Waals surface area contributed by atoms with Gasteiger partial charge in [-0.3, -0.25) is 9.13 Å². The van der Waals surface area contributed by atoms with Crippen molar-refractivity contribution in [3.63, 3.8) is 0 Å². The Morgan fingerprint density at radius 2 is 0.510 bits per heavy atom. The first kappa shape index (κ1) is 53.6. The number of rotatable bonds is 6. The summed E-state index contributed by atoms with van der Waals surface area (Å²) in [5.41, 5.74) is 17.2. The molecule has 6 heterocycles. The molecular formula is C88H54N8. The normalized spacial score (nSPS) is 12.0. The lowest BCUT2D eigenvalue weighted by molar-refractivity contribution is 1.01. The molecule has 0 saturated heterocycles. The van der Waals surface area contributed by atoms with Crippen LogP contribution in [0.25, 0.3) is 187 Å². The highest BCUT2D eigenvalue weighted by molar-refractivity contribution is 6.17. The highest BCUT2D eigenvalue weighted by atomic mass is 15.2. The molecule has 0 aliphatic carbocycles. The number of hydrogen-bond acceptors (Lipinski definition) is 4. The monoisotopic (exact) mass is 1220 g/mol. The molecule has 0 bridgehead atoms. The van der Waals surface area contributed by atoms with Crippen molar-refractivity contribution >= 4 is 141 Å². The fourth-order valence-electron chi connectivity index (χ4n) is 15.2. The van der Waals surface area contributed by atoms with Gasteiger partial charge in [0.15, 0.2) is 0 Å². The minimum Gasteiger partial charge on any atom is -0.309 e. The van der Waals surface area contributed by atoms with Gasteiger partial charge in [-0.25, -0.2) is 19.9 Å². The fraction of sp³-hybridized carbons (Fsp3) is 0. The van der Waals surface area contributed by atoms with Gasteiger partial charge in [-0.1, -0.05) is 224 Å². The Hall–Kier alpha value is -13.0. The van der Waals surface area contributed by atoms with E-state index in [0.29, 0.717) is 11.9 Å². The Kier molecular flexibility index (Phi) is 11.9. The Labute approximate surface area is 549 Å². The summed E-state index contributed by atoms with van der Waals surface area (Å²) in [6, 6.07) is 117. The lowest BCUT2D eigenvalue weighted by Gasteiger charge is -2.13. The standard InChI is InChI=1S/C46H28N4.C42H26N4/c1-2-12-30-25-33(22-21-29(30)11-1)45-37-17-5-8-18-40(37)47-46(48-45)50-43-24-23-34(28-39(43)38-26-31-13-3-4-14-32(31)27-44(38)50)49-41-19-9-6-15-35(41)36-16-7-10-20-42(36)49;1-2-12-27(13-3-1)41-33-18-6-9-19-36(33)43-42(44-41)46-39-23-22-30(26-35(39)34-24-28-14-4-5-15-29(28)25-40(34)46)45-37-20-10-7-16-31(37)32-17-8-11-21-38(32)45/h1-28H;1-26H. The molecule has 21 rings (SSSR count). The molecule has 0 aliphatic rings. The Morgan fingerprint density at radius 1 is 0.177 bits per heavy atom. The molecule has 0 fully saturated rings. The molecule has 6 aromatic heterocycles. The second-order valence-electron chi connectivity index (χ2n) is 25.0. The van der Waals surface area contributed by atoms with Crippen LogP contribution >= 0.6 is 0 Å². The van der Waals surface area contributed by atoms with Crippen molar-refractivity contribution in [2.24, 2.45) is 0 Å². The quantitative estimate of drug-likeness (QED) is 0.166. The molecular weight excluding hydrogens is 1170 g/mol. The maximum Gasteiger partial charge on any atom is 0.235 e. The molecule has 0 saturated carbocycles. The van der Waals surface area contributed by atoms with E-state index in [1.165, 1.54) is 86.7 Å². The topological polar surface area (TPSA) is 71.3 Å². The summed E-state index contributed by atoms with van der Waals surface area (Å²) < 4.78 is 9.27. The van der Waals surface area contributed by atoms with Crippen molar-refractivity contribution in [2.45, 2.75) is 0 Å². The third-order valence-corrected chi connectivity index (χ3v) is 19.6. The maximum absolute atomic E-state index is 5.40. The van der Waals surface area contributed by atoms with E-state index >= 15 is 0 Å². The first-order valence-corrected chi connectivity index (χ1v) is 32.6. The molecule has 0 radical (unpaired) electrons. The van der Waals surface area contributed by atoms with E-state index in [1.54, 1.807) is 0 Å². The van der Waals surface area contributed by atoms with Crippen LogP contribution in [0.2, 0.25) is 0 Å². The number of nitrogens with zero attached hydrogens (tertiary/aromatic N) is 8. The largest absolute Gasteiger partial charge is 0.309 e. The zero-order valence-corrected chi connectivity index (χ0v) is 51.8. The molecule has 0 aliphatic heterocycles. The predicted molar refractivity (Wildman–Crippen MR) is 400 cm³/mol. The van der Waals surface area contributed by atoms with Crippen LogP contribution in [-0.2, 0) is 0 Å². The zero-order chi connectivity index (χ0) is 63.0. The van der Waals surface area contributed by atoms with E-state index in [1.807, 2.05) is 12.1 Å². The summed E-state index contributed by atoms with van der Waals surface area (Å²) in [6.45, 7) is 0. The van der Waals surface area contributed by atoms with Crippen molar-refractivity contribution in [1.82, 2.24) is 38.2 Å². The summed E-state index contributed by atoms with van der Waals surface area (Å²) in [4.78, 5) is 21.1. The minimum absolute atomic E-state index is 0.659. The molecule has 15 aromatic carbocycles. The summed E-state index contributed by atoms with van der Waals surface area (Å²) in [5, 5.41) is 18.9. The lowest BCUT2D eigenvalue weighted by Crippen LogP contribution is -2.03. The highest BCUT2D eigenvalue weighted by Crippen LogP contribution is 2.42. The Balaban J connectivity index is 0.000000132. The van der Waals surface area contributed by atoms with E-state index in [-0.39, 0.29) is 0 Å². The average Bonchev–Trinajstić information content (AvgIpc) is 1.57. The molecule has 0 atom stereocenters. The van der Waals surface area contributed by atoms with Crippen LogP contribution in [0.1, 0.15) is 0 Å². The Morgan fingerprint density at radius 3 is 0.958 bits per heavy atom. The van der Waals surface area contributed by atoms with Crippen LogP contribution < -0.4 is 0 Å². The first-order valence-electron chi connectivity index (χ1n) is 32.6. The molecule has 446 valence electrons. The molecule has 0 amide bonds. The van der Waals surface area contributed by atoms with Gasteiger partial charge in [0.1, 0.15) is 0 Å². The summed E-state index contributed by atoms with van der Waals surface area (Å²) in [7, 11) is 0. The number of aromatic nitrogens is 8. The number of fused-ring (bicyclic) bond motifs is 17. The first-order chi connectivity index (χ1) is 47.6. The van der Waals surface area contributed by atoms with Gasteiger partial charge in [0, 0.05) is 76.4 Å². The molecule has 21 aromatic rings. The van der Waals surface area contributed by atoms with Crippen molar-refractivity contribution in [2.75, 3.05) is 0 Å². The smallest absolute Gasteiger partial charge is 0.235 e. The molecule has 0 unspecified atom stereocenters. The van der Waals surface area contributed by atoms with Crippen LogP contribution in [0.4, 0.5) is 0 Å². The second kappa shape index (κ2) is 21.3. The third kappa shape index (κ3) is 8.35. The molecule has 0 spiro atoms. The number of para-hydroxylation sites is 6. The predicted octanol–water partition coefficient (Wildman–Crippen LogP) is 22.4. The van der Waals surface area contributed by atoms with Crippen LogP contribution in [0.5, 0.6) is 0 Å². The lowest BCUT2D eigenvalue weighted by atomic mass is 10.0. The van der Waals surface area contributed by atoms with Crippen LogP contribution in [0, 0.1) is 0 Å². The van der Waals surface area contributed by atoms with Crippen molar-refractivity contribution in [3.8, 4) is 45.8 Å². The van der Waals surface area contributed by atoms with E-state index in [0.717, 1.165) is 88.5 Å². The van der Waals surface area contributed by atoms with Gasteiger partial charge in [-0.15, -0.1) is 0 Å². The minimum atomic E-state index is 0.659. The highest BCUT2D eigenvalue weighted by Gasteiger charge is 2.23. The van der Waals surface area contributed by atoms with Crippen LogP contribution in [-0.4, -0.2) is 38.2 Å². The van der Waals surface area contributed by atoms with Gasteiger partial charge in [0.05, 0.1) is 66.6 Å². The Bertz CT molecular complexity index is 6680. The summed E-state index contributed by atoms with van der Waals surface area (Å²) in [5.74, 6) is 1.32. The van der Waals surface area contributed by atoms with Crippen LogP contribution in [0.15, 0.2) is 328 Å². The van der Waals surface area contributed by atoms with E-state index in [2.05, 4.69) is 334 Å². The SMILES string of the molecule is c1ccc(-c2nc(-n3c4ccc(-n5c6ccccc6c6ccccc65)cc4c4cc5ccccc5cc43)nc3ccccc23)cc1.c1ccc2cc(-c3nc(-n4c5ccc(-n6c7ccccc7c7ccccc76)cc5c5cc6ccccc6cc54)nc4ccccc34)ccc2c1. The van der Waals surface area contributed by atoms with Gasteiger partial charge in [0.25, 0.3) is 0 Å². The molecule has 0 N–H and O–H groups in total.